The molecule has 2 heterocycles. The van der Waals surface area contributed by atoms with Gasteiger partial charge in [-0.15, -0.1) is 0 Å². The lowest BCUT2D eigenvalue weighted by molar-refractivity contribution is 0.0686. The van der Waals surface area contributed by atoms with Crippen LogP contribution in [0.25, 0.3) is 11.3 Å². The van der Waals surface area contributed by atoms with Crippen LogP contribution in [0.5, 0.6) is 5.88 Å². The summed E-state index contributed by atoms with van der Waals surface area (Å²) in [5, 5.41) is 13.0. The fraction of sp³-hybridized carbons (Fsp3) is 0.182. The number of methoxy groups -OCH3 is 1. The summed E-state index contributed by atoms with van der Waals surface area (Å²) < 4.78 is 6.30. The normalized spacial score (nSPS) is 10.2. The number of nitrogens with zero attached hydrogens (tertiary/aromatic N) is 3. The summed E-state index contributed by atoms with van der Waals surface area (Å²) in [6.07, 6.45) is 1.48. The highest BCUT2D eigenvalue weighted by atomic mass is 16.5. The second-order valence-corrected chi connectivity index (χ2v) is 3.40. The number of aromatic carboxylic acids is 1. The Kier molecular flexibility index (Phi) is 2.78. The molecular formula is C11H11N3O3. The second kappa shape index (κ2) is 4.25. The molecule has 0 radical (unpaired) electrons. The van der Waals surface area contributed by atoms with Crippen molar-refractivity contribution in [2.24, 2.45) is 7.05 Å². The van der Waals surface area contributed by atoms with Crippen molar-refractivity contribution in [1.82, 2.24) is 14.8 Å². The summed E-state index contributed by atoms with van der Waals surface area (Å²) >= 11 is 0. The highest BCUT2D eigenvalue weighted by Crippen LogP contribution is 2.23. The van der Waals surface area contributed by atoms with Crippen LogP contribution < -0.4 is 4.74 Å². The lowest BCUT2D eigenvalue weighted by Crippen LogP contribution is -2.07. The maximum Gasteiger partial charge on any atom is 0.354 e. The Hall–Kier alpha value is -2.37. The van der Waals surface area contributed by atoms with E-state index in [4.69, 9.17) is 9.84 Å². The van der Waals surface area contributed by atoms with Crippen molar-refractivity contribution in [2.75, 3.05) is 7.11 Å². The van der Waals surface area contributed by atoms with Crippen molar-refractivity contribution in [3.63, 3.8) is 0 Å². The van der Waals surface area contributed by atoms with Gasteiger partial charge in [0.05, 0.1) is 24.6 Å². The summed E-state index contributed by atoms with van der Waals surface area (Å²) in [5.41, 5.74) is 1.10. The molecule has 1 N–H and O–H groups in total. The van der Waals surface area contributed by atoms with Gasteiger partial charge in [-0.2, -0.15) is 5.10 Å². The van der Waals surface area contributed by atoms with Gasteiger partial charge >= 0.3 is 5.97 Å². The van der Waals surface area contributed by atoms with Crippen molar-refractivity contribution in [1.29, 1.82) is 0 Å². The maximum atomic E-state index is 11.1. The van der Waals surface area contributed by atoms with Gasteiger partial charge in [-0.25, -0.2) is 9.78 Å². The van der Waals surface area contributed by atoms with Crippen LogP contribution in [0.1, 0.15) is 10.5 Å². The second-order valence-electron chi connectivity index (χ2n) is 3.40. The molecular weight excluding hydrogens is 222 g/mol. The Labute approximate surface area is 97.5 Å². The number of hydrogen-bond acceptors (Lipinski definition) is 4. The monoisotopic (exact) mass is 233 g/mol. The van der Waals surface area contributed by atoms with Crippen molar-refractivity contribution < 1.29 is 14.6 Å². The minimum Gasteiger partial charge on any atom is -0.481 e. The molecule has 0 spiro atoms. The average Bonchev–Trinajstić information content (AvgIpc) is 2.71. The van der Waals surface area contributed by atoms with Crippen LogP contribution in [0.2, 0.25) is 0 Å². The van der Waals surface area contributed by atoms with Crippen molar-refractivity contribution >= 4 is 5.97 Å². The van der Waals surface area contributed by atoms with Gasteiger partial charge in [-0.05, 0) is 6.07 Å². The summed E-state index contributed by atoms with van der Waals surface area (Å²) in [7, 11) is 3.08. The highest BCUT2D eigenvalue weighted by Gasteiger charge is 2.18. The molecule has 0 bridgehead atoms. The molecule has 0 aliphatic rings. The van der Waals surface area contributed by atoms with E-state index in [0.717, 1.165) is 0 Å². The van der Waals surface area contributed by atoms with E-state index < -0.39 is 5.97 Å². The number of hydrogen-bond donors (Lipinski definition) is 1. The van der Waals surface area contributed by atoms with Crippen LogP contribution in [0.3, 0.4) is 0 Å². The maximum absolute atomic E-state index is 11.1. The van der Waals surface area contributed by atoms with E-state index in [0.29, 0.717) is 17.1 Å². The van der Waals surface area contributed by atoms with E-state index >= 15 is 0 Å². The molecule has 6 heteroatoms. The lowest BCUT2D eigenvalue weighted by Gasteiger charge is -2.03. The molecule has 2 rings (SSSR count). The first-order chi connectivity index (χ1) is 8.13. The molecule has 0 atom stereocenters. The first-order valence-corrected chi connectivity index (χ1v) is 4.90. The van der Waals surface area contributed by atoms with Crippen LogP contribution in [-0.4, -0.2) is 33.0 Å². The number of carboxylic acid groups (broad SMARTS) is 1. The molecule has 6 nitrogen and oxygen atoms in total. The molecule has 0 aliphatic carbocycles. The molecule has 2 aromatic rings. The number of carboxylic acids is 1. The van der Waals surface area contributed by atoms with E-state index in [1.165, 1.54) is 18.0 Å². The van der Waals surface area contributed by atoms with E-state index in [1.807, 2.05) is 0 Å². The molecule has 0 unspecified atom stereocenters. The van der Waals surface area contributed by atoms with Gasteiger partial charge in [0.2, 0.25) is 5.88 Å². The summed E-state index contributed by atoms with van der Waals surface area (Å²) in [6, 6.07) is 5.16. The molecule has 88 valence electrons. The Morgan fingerprint density at radius 3 is 2.88 bits per heavy atom. The van der Waals surface area contributed by atoms with E-state index in [9.17, 15) is 4.79 Å². The predicted octanol–water partition coefficient (Wildman–Crippen LogP) is 1.19. The zero-order chi connectivity index (χ0) is 12.4. The van der Waals surface area contributed by atoms with Crippen LogP contribution in [0.4, 0.5) is 0 Å². The quantitative estimate of drug-likeness (QED) is 0.861. The molecule has 0 aliphatic heterocycles. The zero-order valence-corrected chi connectivity index (χ0v) is 9.41. The highest BCUT2D eigenvalue weighted by molar-refractivity contribution is 5.93. The molecule has 0 fully saturated rings. The van der Waals surface area contributed by atoms with Gasteiger partial charge in [0.25, 0.3) is 0 Å². The fourth-order valence-electron chi connectivity index (χ4n) is 1.56. The van der Waals surface area contributed by atoms with Gasteiger partial charge in [0.15, 0.2) is 5.69 Å². The number of rotatable bonds is 3. The van der Waals surface area contributed by atoms with Crippen molar-refractivity contribution in [3.8, 4) is 17.1 Å². The van der Waals surface area contributed by atoms with Crippen LogP contribution in [0.15, 0.2) is 24.4 Å². The number of carbonyl (C=O) groups is 1. The minimum absolute atomic E-state index is 0.103. The van der Waals surface area contributed by atoms with E-state index in [2.05, 4.69) is 10.1 Å². The Morgan fingerprint density at radius 1 is 1.47 bits per heavy atom. The van der Waals surface area contributed by atoms with Gasteiger partial charge in [-0.3, -0.25) is 4.68 Å². The predicted molar refractivity (Wildman–Crippen MR) is 60.0 cm³/mol. The molecule has 0 saturated heterocycles. The van der Waals surface area contributed by atoms with Gasteiger partial charge < -0.3 is 9.84 Å². The third-order valence-corrected chi connectivity index (χ3v) is 2.35. The largest absolute Gasteiger partial charge is 0.481 e. The summed E-state index contributed by atoms with van der Waals surface area (Å²) in [5.74, 6) is -0.604. The lowest BCUT2D eigenvalue weighted by atomic mass is 10.1. The molecule has 0 saturated carbocycles. The van der Waals surface area contributed by atoms with Crippen molar-refractivity contribution in [3.05, 3.63) is 30.1 Å². The van der Waals surface area contributed by atoms with Crippen LogP contribution in [0, 0.1) is 0 Å². The van der Waals surface area contributed by atoms with Gasteiger partial charge in [0, 0.05) is 13.1 Å². The number of aromatic nitrogens is 3. The van der Waals surface area contributed by atoms with Gasteiger partial charge in [-0.1, -0.05) is 6.07 Å². The smallest absolute Gasteiger partial charge is 0.354 e. The molecule has 2 aromatic heterocycles. The average molecular weight is 233 g/mol. The van der Waals surface area contributed by atoms with Crippen molar-refractivity contribution in [2.45, 2.75) is 0 Å². The van der Waals surface area contributed by atoms with Crippen LogP contribution >= 0.6 is 0 Å². The number of ether oxygens (including phenoxy) is 1. The summed E-state index contributed by atoms with van der Waals surface area (Å²) in [4.78, 5) is 15.3. The third kappa shape index (κ3) is 1.96. The minimum atomic E-state index is -1.04. The Morgan fingerprint density at radius 2 is 2.24 bits per heavy atom. The summed E-state index contributed by atoms with van der Waals surface area (Å²) in [6.45, 7) is 0. The number of aryl methyl sites for hydroxylation is 1. The Balaban J connectivity index is 2.56. The Bertz CT molecular complexity index is 563. The first-order valence-electron chi connectivity index (χ1n) is 4.90. The number of pyridine rings is 1. The zero-order valence-electron chi connectivity index (χ0n) is 9.41. The molecule has 0 amide bonds. The fourth-order valence-corrected chi connectivity index (χ4v) is 1.56. The van der Waals surface area contributed by atoms with Gasteiger partial charge in [0.1, 0.15) is 0 Å². The SMILES string of the molecule is COc1cccc(-c2cnn(C)c2C(=O)O)n1. The standard InChI is InChI=1S/C11H11N3O3/c1-14-10(11(15)16)7(6-12-14)8-4-3-5-9(13-8)17-2/h3-6H,1-2H3,(H,15,16). The van der Waals surface area contributed by atoms with E-state index in [-0.39, 0.29) is 5.69 Å². The van der Waals surface area contributed by atoms with Crippen LogP contribution in [-0.2, 0) is 7.05 Å². The molecule has 17 heavy (non-hydrogen) atoms. The third-order valence-electron chi connectivity index (χ3n) is 2.35. The van der Waals surface area contributed by atoms with E-state index in [1.54, 1.807) is 25.2 Å². The first kappa shape index (κ1) is 11.1. The topological polar surface area (TPSA) is 77.2 Å². The molecule has 0 aromatic carbocycles.